The predicted octanol–water partition coefficient (Wildman–Crippen LogP) is 2.12. The number of carbonyl (C=O) groups is 1. The summed E-state index contributed by atoms with van der Waals surface area (Å²) in [7, 11) is 0. The quantitative estimate of drug-likeness (QED) is 0.828. The predicted molar refractivity (Wildman–Crippen MR) is 97.1 cm³/mol. The first-order valence-electron chi connectivity index (χ1n) is 9.51. The molecule has 2 aliphatic rings. The third kappa shape index (κ3) is 4.81. The van der Waals surface area contributed by atoms with Crippen LogP contribution in [0.3, 0.4) is 0 Å². The van der Waals surface area contributed by atoms with Crippen molar-refractivity contribution < 1.29 is 14.6 Å². The molecule has 2 aliphatic heterocycles. The van der Waals surface area contributed by atoms with Crippen LogP contribution in [0.15, 0.2) is 30.3 Å². The van der Waals surface area contributed by atoms with E-state index in [1.54, 1.807) is 0 Å². The second-order valence-electron chi connectivity index (χ2n) is 7.29. The molecule has 5 heteroatoms. The summed E-state index contributed by atoms with van der Waals surface area (Å²) >= 11 is 0. The lowest BCUT2D eigenvalue weighted by molar-refractivity contribution is -0.127. The Hall–Kier alpha value is -1.43. The van der Waals surface area contributed by atoms with Crippen LogP contribution in [0.5, 0.6) is 0 Å². The van der Waals surface area contributed by atoms with Crippen LogP contribution in [0.1, 0.15) is 44.3 Å². The minimum atomic E-state index is -0.410. The fraction of sp³-hybridized carbons (Fsp3) is 0.650. The molecule has 2 fully saturated rings. The Morgan fingerprint density at radius 2 is 2.00 bits per heavy atom. The lowest BCUT2D eigenvalue weighted by atomic mass is 9.87. The van der Waals surface area contributed by atoms with Gasteiger partial charge in [-0.25, -0.2) is 0 Å². The first-order valence-corrected chi connectivity index (χ1v) is 9.51. The number of benzene rings is 1. The fourth-order valence-corrected chi connectivity index (χ4v) is 3.88. The summed E-state index contributed by atoms with van der Waals surface area (Å²) in [6, 6.07) is 9.74. The SMILES string of the molecule is CC(C(=O)NCC1CCCO1)N1CCC(C(O)c2ccccc2)CC1. The van der Waals surface area contributed by atoms with Crippen molar-refractivity contribution in [3.63, 3.8) is 0 Å². The normalized spacial score (nSPS) is 24.8. The standard InChI is InChI=1S/C20H30N2O3/c1-15(20(24)21-14-18-8-5-13-25-18)22-11-9-17(10-12-22)19(23)16-6-3-2-4-7-16/h2-4,6-7,15,17-19,23H,5,8-14H2,1H3,(H,21,24). The van der Waals surface area contributed by atoms with E-state index in [1.807, 2.05) is 37.3 Å². The zero-order valence-electron chi connectivity index (χ0n) is 15.1. The van der Waals surface area contributed by atoms with Gasteiger partial charge in [-0.05, 0) is 57.2 Å². The number of rotatable bonds is 6. The molecule has 5 nitrogen and oxygen atoms in total. The maximum atomic E-state index is 12.4. The van der Waals surface area contributed by atoms with Gasteiger partial charge in [0, 0.05) is 13.2 Å². The van der Waals surface area contributed by atoms with E-state index in [2.05, 4.69) is 10.2 Å². The summed E-state index contributed by atoms with van der Waals surface area (Å²) in [5, 5.41) is 13.6. The number of hydrogen-bond donors (Lipinski definition) is 2. The van der Waals surface area contributed by atoms with Crippen molar-refractivity contribution in [3.8, 4) is 0 Å². The monoisotopic (exact) mass is 346 g/mol. The maximum Gasteiger partial charge on any atom is 0.237 e. The molecule has 0 aliphatic carbocycles. The summed E-state index contributed by atoms with van der Waals surface area (Å²) in [5.41, 5.74) is 0.989. The molecule has 0 spiro atoms. The van der Waals surface area contributed by atoms with Gasteiger partial charge in [-0.1, -0.05) is 30.3 Å². The molecule has 2 saturated heterocycles. The molecular formula is C20H30N2O3. The molecule has 0 aromatic heterocycles. The minimum absolute atomic E-state index is 0.0811. The lowest BCUT2D eigenvalue weighted by Crippen LogP contribution is -2.49. The van der Waals surface area contributed by atoms with Crippen molar-refractivity contribution >= 4 is 5.91 Å². The molecule has 0 radical (unpaired) electrons. The Kier molecular flexibility index (Phi) is 6.45. The molecule has 3 unspecified atom stereocenters. The van der Waals surface area contributed by atoms with E-state index >= 15 is 0 Å². The second-order valence-corrected chi connectivity index (χ2v) is 7.29. The van der Waals surface area contributed by atoms with Crippen LogP contribution >= 0.6 is 0 Å². The molecular weight excluding hydrogens is 316 g/mol. The van der Waals surface area contributed by atoms with Crippen molar-refractivity contribution in [2.45, 2.75) is 50.9 Å². The summed E-state index contributed by atoms with van der Waals surface area (Å²) < 4.78 is 5.55. The van der Waals surface area contributed by atoms with Gasteiger partial charge in [0.05, 0.1) is 18.2 Å². The molecule has 1 aromatic rings. The van der Waals surface area contributed by atoms with E-state index in [0.717, 1.165) is 50.9 Å². The molecule has 0 saturated carbocycles. The molecule has 25 heavy (non-hydrogen) atoms. The van der Waals surface area contributed by atoms with E-state index < -0.39 is 6.10 Å². The van der Waals surface area contributed by atoms with E-state index in [0.29, 0.717) is 6.54 Å². The van der Waals surface area contributed by atoms with Gasteiger partial charge in [0.2, 0.25) is 5.91 Å². The number of nitrogens with zero attached hydrogens (tertiary/aromatic N) is 1. The number of aliphatic hydroxyl groups excluding tert-OH is 1. The van der Waals surface area contributed by atoms with E-state index in [9.17, 15) is 9.90 Å². The number of hydrogen-bond acceptors (Lipinski definition) is 4. The van der Waals surface area contributed by atoms with Gasteiger partial charge in [-0.2, -0.15) is 0 Å². The molecule has 1 aromatic carbocycles. The zero-order chi connectivity index (χ0) is 17.6. The van der Waals surface area contributed by atoms with Crippen molar-refractivity contribution in [3.05, 3.63) is 35.9 Å². The Bertz CT molecular complexity index is 537. The van der Waals surface area contributed by atoms with Crippen molar-refractivity contribution in [1.82, 2.24) is 10.2 Å². The highest BCUT2D eigenvalue weighted by Gasteiger charge is 2.30. The van der Waals surface area contributed by atoms with E-state index in [-0.39, 0.29) is 24.0 Å². The Morgan fingerprint density at radius 1 is 1.28 bits per heavy atom. The third-order valence-electron chi connectivity index (χ3n) is 5.62. The molecule has 0 bridgehead atoms. The van der Waals surface area contributed by atoms with Gasteiger partial charge < -0.3 is 15.2 Å². The van der Waals surface area contributed by atoms with Crippen LogP contribution in [-0.4, -0.2) is 54.3 Å². The van der Waals surface area contributed by atoms with Gasteiger partial charge >= 0.3 is 0 Å². The van der Waals surface area contributed by atoms with Crippen LogP contribution in [0.2, 0.25) is 0 Å². The van der Waals surface area contributed by atoms with E-state index in [4.69, 9.17) is 4.74 Å². The first-order chi connectivity index (χ1) is 12.1. The van der Waals surface area contributed by atoms with Crippen LogP contribution in [0.25, 0.3) is 0 Å². The topological polar surface area (TPSA) is 61.8 Å². The summed E-state index contributed by atoms with van der Waals surface area (Å²) in [6.45, 7) is 5.10. The number of carbonyl (C=O) groups excluding carboxylic acids is 1. The average molecular weight is 346 g/mol. The van der Waals surface area contributed by atoms with Crippen LogP contribution in [-0.2, 0) is 9.53 Å². The van der Waals surface area contributed by atoms with Gasteiger partial charge in [0.25, 0.3) is 0 Å². The van der Waals surface area contributed by atoms with Crippen LogP contribution in [0, 0.1) is 5.92 Å². The molecule has 2 N–H and O–H groups in total. The number of likely N-dealkylation sites (tertiary alicyclic amines) is 1. The van der Waals surface area contributed by atoms with Crippen molar-refractivity contribution in [1.29, 1.82) is 0 Å². The van der Waals surface area contributed by atoms with Gasteiger partial charge in [0.15, 0.2) is 0 Å². The Morgan fingerprint density at radius 3 is 2.64 bits per heavy atom. The van der Waals surface area contributed by atoms with Gasteiger partial charge in [0.1, 0.15) is 0 Å². The largest absolute Gasteiger partial charge is 0.388 e. The molecule has 2 heterocycles. The number of piperidine rings is 1. The van der Waals surface area contributed by atoms with Gasteiger partial charge in [-0.15, -0.1) is 0 Å². The van der Waals surface area contributed by atoms with E-state index in [1.165, 1.54) is 0 Å². The number of aliphatic hydroxyl groups is 1. The average Bonchev–Trinajstić information content (AvgIpc) is 3.19. The highest BCUT2D eigenvalue weighted by atomic mass is 16.5. The van der Waals surface area contributed by atoms with Gasteiger partial charge in [-0.3, -0.25) is 9.69 Å². The number of nitrogens with one attached hydrogen (secondary N) is 1. The number of ether oxygens (including phenoxy) is 1. The molecule has 3 atom stereocenters. The Balaban J connectivity index is 1.43. The van der Waals surface area contributed by atoms with Crippen molar-refractivity contribution in [2.75, 3.05) is 26.2 Å². The molecule has 1 amide bonds. The van der Waals surface area contributed by atoms with Crippen LogP contribution < -0.4 is 5.32 Å². The fourth-order valence-electron chi connectivity index (χ4n) is 3.88. The minimum Gasteiger partial charge on any atom is -0.388 e. The second kappa shape index (κ2) is 8.79. The number of amides is 1. The third-order valence-corrected chi connectivity index (χ3v) is 5.62. The molecule has 3 rings (SSSR count). The highest BCUT2D eigenvalue weighted by molar-refractivity contribution is 5.81. The zero-order valence-corrected chi connectivity index (χ0v) is 15.1. The lowest BCUT2D eigenvalue weighted by Gasteiger charge is -2.37. The first kappa shape index (κ1) is 18.4. The summed E-state index contributed by atoms with van der Waals surface area (Å²) in [6.07, 6.45) is 3.73. The maximum absolute atomic E-state index is 12.4. The summed E-state index contributed by atoms with van der Waals surface area (Å²) in [4.78, 5) is 14.6. The highest BCUT2D eigenvalue weighted by Crippen LogP contribution is 2.31. The Labute approximate surface area is 150 Å². The van der Waals surface area contributed by atoms with Crippen molar-refractivity contribution in [2.24, 2.45) is 5.92 Å². The van der Waals surface area contributed by atoms with Crippen LogP contribution in [0.4, 0.5) is 0 Å². The smallest absolute Gasteiger partial charge is 0.237 e. The summed E-state index contributed by atoms with van der Waals surface area (Å²) in [5.74, 6) is 0.346. The molecule has 138 valence electrons.